The zero-order valence-corrected chi connectivity index (χ0v) is 22.2. The summed E-state index contributed by atoms with van der Waals surface area (Å²) >= 11 is 1.72. The maximum absolute atomic E-state index is 13.1. The van der Waals surface area contributed by atoms with Crippen molar-refractivity contribution in [3.8, 4) is 0 Å². The van der Waals surface area contributed by atoms with E-state index in [-0.39, 0.29) is 10.8 Å². The van der Waals surface area contributed by atoms with Gasteiger partial charge in [0.25, 0.3) is 5.91 Å². The van der Waals surface area contributed by atoms with Gasteiger partial charge in [-0.2, -0.15) is 4.31 Å². The molecule has 3 heterocycles. The minimum absolute atomic E-state index is 0.0591. The molecule has 2 saturated heterocycles. The van der Waals surface area contributed by atoms with Crippen LogP contribution in [0.25, 0.3) is 10.2 Å². The van der Waals surface area contributed by atoms with Crippen molar-refractivity contribution in [3.05, 3.63) is 53.1 Å². The normalized spacial score (nSPS) is 19.9. The van der Waals surface area contributed by atoms with E-state index in [1.165, 1.54) is 15.8 Å². The van der Waals surface area contributed by atoms with Crippen molar-refractivity contribution in [2.24, 2.45) is 5.92 Å². The summed E-state index contributed by atoms with van der Waals surface area (Å²) in [6, 6.07) is 10.7. The van der Waals surface area contributed by atoms with E-state index in [2.05, 4.69) is 37.8 Å². The lowest BCUT2D eigenvalue weighted by Crippen LogP contribution is -2.48. The minimum atomic E-state index is -3.52. The van der Waals surface area contributed by atoms with Crippen LogP contribution in [0.15, 0.2) is 41.3 Å². The average Bonchev–Trinajstić information content (AvgIpc) is 3.33. The number of piperidine rings is 1. The molecule has 5 rings (SSSR count). The second-order valence-corrected chi connectivity index (χ2v) is 12.7. The Balaban J connectivity index is 1.24. The van der Waals surface area contributed by atoms with Gasteiger partial charge in [-0.3, -0.25) is 4.79 Å². The highest BCUT2D eigenvalue weighted by atomic mass is 32.2. The molecule has 1 aromatic heterocycles. The van der Waals surface area contributed by atoms with E-state index in [9.17, 15) is 13.2 Å². The maximum Gasteiger partial charge on any atom is 0.253 e. The maximum atomic E-state index is 13.1. The summed E-state index contributed by atoms with van der Waals surface area (Å²) in [5.41, 5.74) is 4.01. The number of sulfonamides is 1. The van der Waals surface area contributed by atoms with Crippen molar-refractivity contribution in [3.63, 3.8) is 0 Å². The van der Waals surface area contributed by atoms with E-state index in [4.69, 9.17) is 4.98 Å². The van der Waals surface area contributed by atoms with E-state index < -0.39 is 10.0 Å². The molecule has 0 aliphatic carbocycles. The number of carbonyl (C=O) groups excluding carboxylic acids is 1. The number of thiazole rings is 1. The largest absolute Gasteiger partial charge is 0.345 e. The van der Waals surface area contributed by atoms with Gasteiger partial charge in [0, 0.05) is 44.8 Å². The summed E-state index contributed by atoms with van der Waals surface area (Å²) in [5, 5.41) is 1.01. The minimum Gasteiger partial charge on any atom is -0.345 e. The number of anilines is 1. The van der Waals surface area contributed by atoms with Crippen molar-refractivity contribution >= 4 is 42.6 Å². The first-order chi connectivity index (χ1) is 16.7. The van der Waals surface area contributed by atoms with Crippen LogP contribution in [0, 0.1) is 19.8 Å². The number of hydrogen-bond acceptors (Lipinski definition) is 6. The van der Waals surface area contributed by atoms with Gasteiger partial charge in [-0.05, 0) is 68.0 Å². The molecule has 0 spiro atoms. The summed E-state index contributed by atoms with van der Waals surface area (Å²) in [5.74, 6) is 0.310. The van der Waals surface area contributed by atoms with Gasteiger partial charge in [-0.1, -0.05) is 30.4 Å². The molecule has 2 aliphatic rings. The molecular weight excluding hydrogens is 480 g/mol. The lowest BCUT2D eigenvalue weighted by molar-refractivity contribution is 0.0746. The van der Waals surface area contributed by atoms with Crippen molar-refractivity contribution in [1.29, 1.82) is 0 Å². The van der Waals surface area contributed by atoms with Gasteiger partial charge in [0.1, 0.15) is 0 Å². The molecule has 0 bridgehead atoms. The van der Waals surface area contributed by atoms with E-state index in [1.807, 2.05) is 4.90 Å². The van der Waals surface area contributed by atoms with E-state index in [0.29, 0.717) is 37.7 Å². The quantitative estimate of drug-likeness (QED) is 0.521. The summed E-state index contributed by atoms with van der Waals surface area (Å²) in [4.78, 5) is 22.3. The number of hydrogen-bond donors (Lipinski definition) is 0. The van der Waals surface area contributed by atoms with Crippen molar-refractivity contribution in [2.75, 3.05) is 44.2 Å². The Kier molecular flexibility index (Phi) is 6.59. The standard InChI is InChI=1S/C26H32N4O3S2/c1-18-5-4-12-30(17-18)35(32,33)22-10-8-21(9-11-22)25(31)28-13-15-29(16-14-28)26-27-23-19(2)6-7-20(3)24(23)34-26/h6-11,18H,4-5,12-17H2,1-3H3. The van der Waals surface area contributed by atoms with Crippen LogP contribution in [-0.2, 0) is 10.0 Å². The molecule has 0 saturated carbocycles. The summed E-state index contributed by atoms with van der Waals surface area (Å²) in [7, 11) is -3.52. The first-order valence-electron chi connectivity index (χ1n) is 12.3. The molecule has 1 atom stereocenters. The van der Waals surface area contributed by atoms with Crippen LogP contribution >= 0.6 is 11.3 Å². The fraction of sp³-hybridized carbons (Fsp3) is 0.462. The molecular formula is C26H32N4O3S2. The number of amides is 1. The van der Waals surface area contributed by atoms with E-state index in [1.54, 1.807) is 39.9 Å². The number of aromatic nitrogens is 1. The van der Waals surface area contributed by atoms with Crippen LogP contribution in [0.5, 0.6) is 0 Å². The lowest BCUT2D eigenvalue weighted by Gasteiger charge is -2.34. The smallest absolute Gasteiger partial charge is 0.253 e. The Hall–Kier alpha value is -2.49. The highest BCUT2D eigenvalue weighted by Gasteiger charge is 2.29. The third kappa shape index (κ3) is 4.69. The Morgan fingerprint density at radius 2 is 1.66 bits per heavy atom. The molecule has 0 N–H and O–H groups in total. The van der Waals surface area contributed by atoms with Crippen LogP contribution in [0.3, 0.4) is 0 Å². The predicted octanol–water partition coefficient (Wildman–Crippen LogP) is 4.30. The van der Waals surface area contributed by atoms with Crippen molar-refractivity contribution in [1.82, 2.24) is 14.2 Å². The Bertz CT molecular complexity index is 1300. The Labute approximate surface area is 211 Å². The number of rotatable bonds is 4. The highest BCUT2D eigenvalue weighted by Crippen LogP contribution is 2.33. The first kappa shape index (κ1) is 24.2. The first-order valence-corrected chi connectivity index (χ1v) is 14.5. The highest BCUT2D eigenvalue weighted by molar-refractivity contribution is 7.89. The SMILES string of the molecule is Cc1ccc(C)c2sc(N3CCN(C(=O)c4ccc(S(=O)(=O)N5CCCC(C)C5)cc4)CC3)nc12. The molecule has 9 heteroatoms. The third-order valence-corrected chi connectivity index (χ3v) is 10.3. The predicted molar refractivity (Wildman–Crippen MR) is 141 cm³/mol. The average molecular weight is 513 g/mol. The van der Waals surface area contributed by atoms with Crippen molar-refractivity contribution < 1.29 is 13.2 Å². The molecule has 2 fully saturated rings. The number of carbonyl (C=O) groups is 1. The summed E-state index contributed by atoms with van der Waals surface area (Å²) in [6.07, 6.45) is 1.95. The molecule has 3 aromatic rings. The van der Waals surface area contributed by atoms with Gasteiger partial charge >= 0.3 is 0 Å². The fourth-order valence-corrected chi connectivity index (χ4v) is 7.71. The zero-order chi connectivity index (χ0) is 24.7. The molecule has 0 radical (unpaired) electrons. The van der Waals surface area contributed by atoms with Crippen LogP contribution < -0.4 is 4.90 Å². The van der Waals surface area contributed by atoms with Gasteiger partial charge in [0.15, 0.2) is 5.13 Å². The van der Waals surface area contributed by atoms with Gasteiger partial charge < -0.3 is 9.80 Å². The second kappa shape index (κ2) is 9.52. The van der Waals surface area contributed by atoms with Crippen LogP contribution in [0.2, 0.25) is 0 Å². The van der Waals surface area contributed by atoms with Crippen LogP contribution in [0.1, 0.15) is 41.3 Å². The molecule has 1 unspecified atom stereocenters. The number of fused-ring (bicyclic) bond motifs is 1. The van der Waals surface area contributed by atoms with E-state index in [0.717, 1.165) is 36.6 Å². The van der Waals surface area contributed by atoms with Gasteiger partial charge in [-0.25, -0.2) is 13.4 Å². The van der Waals surface area contributed by atoms with Gasteiger partial charge in [0.2, 0.25) is 10.0 Å². The molecule has 2 aliphatic heterocycles. The molecule has 1 amide bonds. The van der Waals surface area contributed by atoms with Gasteiger partial charge in [0.05, 0.1) is 15.1 Å². The second-order valence-electron chi connectivity index (χ2n) is 9.79. The monoisotopic (exact) mass is 512 g/mol. The fourth-order valence-electron chi connectivity index (χ4n) is 4.95. The number of nitrogens with zero attached hydrogens (tertiary/aromatic N) is 4. The number of aryl methyl sites for hydroxylation is 2. The third-order valence-electron chi connectivity index (χ3n) is 7.13. The molecule has 7 nitrogen and oxygen atoms in total. The lowest BCUT2D eigenvalue weighted by atomic mass is 10.0. The van der Waals surface area contributed by atoms with Gasteiger partial charge in [-0.15, -0.1) is 0 Å². The number of benzene rings is 2. The molecule has 35 heavy (non-hydrogen) atoms. The zero-order valence-electron chi connectivity index (χ0n) is 20.5. The Morgan fingerprint density at radius 1 is 0.971 bits per heavy atom. The Morgan fingerprint density at radius 3 is 2.31 bits per heavy atom. The number of piperazine rings is 1. The van der Waals surface area contributed by atoms with Crippen molar-refractivity contribution in [2.45, 2.75) is 38.5 Å². The van der Waals surface area contributed by atoms with Crippen LogP contribution in [0.4, 0.5) is 5.13 Å². The molecule has 186 valence electrons. The van der Waals surface area contributed by atoms with Crippen LogP contribution in [-0.4, -0.2) is 67.8 Å². The molecule has 2 aromatic carbocycles. The summed E-state index contributed by atoms with van der Waals surface area (Å²) in [6.45, 7) is 10.1. The summed E-state index contributed by atoms with van der Waals surface area (Å²) < 4.78 is 28.8. The topological polar surface area (TPSA) is 73.8 Å². The van der Waals surface area contributed by atoms with E-state index >= 15 is 0 Å².